The van der Waals surface area contributed by atoms with Gasteiger partial charge in [-0.2, -0.15) is 0 Å². The van der Waals surface area contributed by atoms with Crippen LogP contribution in [0.4, 0.5) is 4.39 Å². The molecule has 0 unspecified atom stereocenters. The minimum absolute atomic E-state index is 0.248. The van der Waals surface area contributed by atoms with Crippen LogP contribution in [0.15, 0.2) is 0 Å². The molecule has 2 nitrogen and oxygen atoms in total. The zero-order valence-electron chi connectivity index (χ0n) is 6.23. The fourth-order valence-electron chi connectivity index (χ4n) is 2.08. The number of alkyl halides is 1. The number of hydrogen-bond acceptors (Lipinski definition) is 2. The minimum atomic E-state index is -0.908. The number of likely N-dealkylation sites (tertiary alicyclic amines) is 1. The third kappa shape index (κ3) is 0.772. The van der Waals surface area contributed by atoms with E-state index < -0.39 is 5.67 Å². The molecule has 0 bridgehead atoms. The maximum Gasteiger partial charge on any atom is 0.141 e. The predicted octanol–water partition coefficient (Wildman–Crippen LogP) is -0.141. The van der Waals surface area contributed by atoms with Crippen molar-refractivity contribution in [2.24, 2.45) is 5.92 Å². The summed E-state index contributed by atoms with van der Waals surface area (Å²) in [5.41, 5.74) is -0.908. The van der Waals surface area contributed by atoms with Crippen molar-refractivity contribution in [1.82, 2.24) is 10.2 Å². The average molecular weight is 144 g/mol. The lowest BCUT2D eigenvalue weighted by Crippen LogP contribution is -2.33. The standard InChI is InChI=1S/C7H13FN2/c1-10-3-6-2-9-4-7(6,8)5-10/h6,9H,2-5H2,1H3/t6-,7-/m0/s1. The van der Waals surface area contributed by atoms with E-state index in [0.29, 0.717) is 13.1 Å². The van der Waals surface area contributed by atoms with Crippen molar-refractivity contribution in [3.63, 3.8) is 0 Å². The van der Waals surface area contributed by atoms with Gasteiger partial charge in [-0.1, -0.05) is 0 Å². The molecule has 0 aliphatic carbocycles. The van der Waals surface area contributed by atoms with Crippen LogP contribution in [0.2, 0.25) is 0 Å². The van der Waals surface area contributed by atoms with Gasteiger partial charge in [0.2, 0.25) is 0 Å². The van der Waals surface area contributed by atoms with Crippen molar-refractivity contribution in [3.05, 3.63) is 0 Å². The Morgan fingerprint density at radius 1 is 1.70 bits per heavy atom. The SMILES string of the molecule is CN1C[C@@H]2CNC[C@]2(F)C1. The van der Waals surface area contributed by atoms with Crippen LogP contribution in [0.5, 0.6) is 0 Å². The maximum atomic E-state index is 13.6. The lowest BCUT2D eigenvalue weighted by atomic mass is 9.97. The van der Waals surface area contributed by atoms with Crippen LogP contribution in [-0.4, -0.2) is 43.8 Å². The Labute approximate surface area is 60.4 Å². The van der Waals surface area contributed by atoms with Gasteiger partial charge in [-0.05, 0) is 7.05 Å². The molecule has 0 amide bonds. The van der Waals surface area contributed by atoms with Crippen LogP contribution >= 0.6 is 0 Å². The molecule has 0 spiro atoms. The van der Waals surface area contributed by atoms with Gasteiger partial charge < -0.3 is 10.2 Å². The van der Waals surface area contributed by atoms with Gasteiger partial charge >= 0.3 is 0 Å². The summed E-state index contributed by atoms with van der Waals surface area (Å²) >= 11 is 0. The summed E-state index contributed by atoms with van der Waals surface area (Å²) in [4.78, 5) is 2.07. The largest absolute Gasteiger partial charge is 0.313 e. The van der Waals surface area contributed by atoms with Gasteiger partial charge in [0.15, 0.2) is 0 Å². The van der Waals surface area contributed by atoms with E-state index in [2.05, 4.69) is 10.2 Å². The molecule has 2 saturated heterocycles. The molecule has 10 heavy (non-hydrogen) atoms. The van der Waals surface area contributed by atoms with Crippen molar-refractivity contribution >= 4 is 0 Å². The van der Waals surface area contributed by atoms with Crippen LogP contribution in [0.1, 0.15) is 0 Å². The second-order valence-electron chi connectivity index (χ2n) is 3.56. The molecule has 0 aromatic heterocycles. The van der Waals surface area contributed by atoms with Gasteiger partial charge in [0, 0.05) is 32.1 Å². The van der Waals surface area contributed by atoms with E-state index in [1.165, 1.54) is 0 Å². The van der Waals surface area contributed by atoms with E-state index in [9.17, 15) is 4.39 Å². The van der Waals surface area contributed by atoms with E-state index in [0.717, 1.165) is 13.1 Å². The summed E-state index contributed by atoms with van der Waals surface area (Å²) in [7, 11) is 1.99. The van der Waals surface area contributed by atoms with Crippen LogP contribution in [0.3, 0.4) is 0 Å². The molecule has 2 aliphatic heterocycles. The fraction of sp³-hybridized carbons (Fsp3) is 1.00. The highest BCUT2D eigenvalue weighted by Gasteiger charge is 2.49. The molecule has 0 saturated carbocycles. The second kappa shape index (κ2) is 1.92. The zero-order valence-corrected chi connectivity index (χ0v) is 6.23. The van der Waals surface area contributed by atoms with Crippen molar-refractivity contribution in [2.45, 2.75) is 5.67 Å². The molecule has 3 heteroatoms. The molecule has 2 fully saturated rings. The Balaban J connectivity index is 2.15. The number of hydrogen-bond donors (Lipinski definition) is 1. The first-order valence-electron chi connectivity index (χ1n) is 3.79. The van der Waals surface area contributed by atoms with E-state index in [-0.39, 0.29) is 5.92 Å². The highest BCUT2D eigenvalue weighted by Crippen LogP contribution is 2.33. The second-order valence-corrected chi connectivity index (χ2v) is 3.56. The molecule has 2 aliphatic rings. The topological polar surface area (TPSA) is 15.3 Å². The van der Waals surface area contributed by atoms with E-state index in [1.807, 2.05) is 7.05 Å². The smallest absolute Gasteiger partial charge is 0.141 e. The first-order chi connectivity index (χ1) is 4.71. The lowest BCUT2D eigenvalue weighted by molar-refractivity contribution is 0.167. The first kappa shape index (κ1) is 6.55. The van der Waals surface area contributed by atoms with Gasteiger partial charge in [-0.15, -0.1) is 0 Å². The fourth-order valence-corrected chi connectivity index (χ4v) is 2.08. The van der Waals surface area contributed by atoms with Crippen LogP contribution in [-0.2, 0) is 0 Å². The molecular formula is C7H13FN2. The Kier molecular flexibility index (Phi) is 1.26. The molecule has 2 rings (SSSR count). The quantitative estimate of drug-likeness (QED) is 0.509. The Bertz CT molecular complexity index is 151. The Hall–Kier alpha value is -0.150. The average Bonchev–Trinajstić information content (AvgIpc) is 2.20. The first-order valence-corrected chi connectivity index (χ1v) is 3.79. The summed E-state index contributed by atoms with van der Waals surface area (Å²) in [6.45, 7) is 2.96. The summed E-state index contributed by atoms with van der Waals surface area (Å²) < 4.78 is 13.6. The van der Waals surface area contributed by atoms with Gasteiger partial charge in [0.1, 0.15) is 5.67 Å². The molecule has 0 aromatic carbocycles. The number of halogens is 1. The molecule has 0 aromatic rings. The van der Waals surface area contributed by atoms with Crippen LogP contribution < -0.4 is 5.32 Å². The Morgan fingerprint density at radius 3 is 3.20 bits per heavy atom. The van der Waals surface area contributed by atoms with E-state index >= 15 is 0 Å². The molecule has 2 atom stereocenters. The van der Waals surface area contributed by atoms with Crippen molar-refractivity contribution < 1.29 is 4.39 Å². The Morgan fingerprint density at radius 2 is 2.50 bits per heavy atom. The van der Waals surface area contributed by atoms with Crippen LogP contribution in [0, 0.1) is 5.92 Å². The number of nitrogens with one attached hydrogen (secondary N) is 1. The third-order valence-electron chi connectivity index (χ3n) is 2.61. The van der Waals surface area contributed by atoms with Gasteiger partial charge in [-0.25, -0.2) is 4.39 Å². The van der Waals surface area contributed by atoms with Crippen LogP contribution in [0.25, 0.3) is 0 Å². The number of nitrogens with zero attached hydrogens (tertiary/aromatic N) is 1. The molecular weight excluding hydrogens is 131 g/mol. The summed E-state index contributed by atoms with van der Waals surface area (Å²) in [5, 5.41) is 3.08. The maximum absolute atomic E-state index is 13.6. The van der Waals surface area contributed by atoms with E-state index in [4.69, 9.17) is 0 Å². The molecule has 2 heterocycles. The summed E-state index contributed by atoms with van der Waals surface area (Å²) in [5.74, 6) is 0.248. The molecule has 58 valence electrons. The molecule has 0 radical (unpaired) electrons. The van der Waals surface area contributed by atoms with Gasteiger partial charge in [-0.3, -0.25) is 0 Å². The van der Waals surface area contributed by atoms with Gasteiger partial charge in [0.25, 0.3) is 0 Å². The predicted molar refractivity (Wildman–Crippen MR) is 37.7 cm³/mol. The van der Waals surface area contributed by atoms with Gasteiger partial charge in [0.05, 0.1) is 0 Å². The number of rotatable bonds is 0. The van der Waals surface area contributed by atoms with Crippen molar-refractivity contribution in [2.75, 3.05) is 33.2 Å². The van der Waals surface area contributed by atoms with Crippen molar-refractivity contribution in [3.8, 4) is 0 Å². The summed E-state index contributed by atoms with van der Waals surface area (Å²) in [6.07, 6.45) is 0. The normalized spacial score (nSPS) is 48.0. The molecule has 1 N–H and O–H groups in total. The number of fused-ring (bicyclic) bond motifs is 1. The van der Waals surface area contributed by atoms with E-state index in [1.54, 1.807) is 0 Å². The highest BCUT2D eigenvalue weighted by atomic mass is 19.1. The zero-order chi connectivity index (χ0) is 7.19. The third-order valence-corrected chi connectivity index (χ3v) is 2.61. The monoisotopic (exact) mass is 144 g/mol. The van der Waals surface area contributed by atoms with Crippen molar-refractivity contribution in [1.29, 1.82) is 0 Å². The summed E-state index contributed by atoms with van der Waals surface area (Å²) in [6, 6.07) is 0. The lowest BCUT2D eigenvalue weighted by Gasteiger charge is -2.15. The highest BCUT2D eigenvalue weighted by molar-refractivity contribution is 5.03. The minimum Gasteiger partial charge on any atom is -0.313 e.